The molecular formula is C16H19F3N2. The second-order valence-electron chi connectivity index (χ2n) is 5.22. The Morgan fingerprint density at radius 1 is 1.24 bits per heavy atom. The molecule has 0 aliphatic heterocycles. The van der Waals surface area contributed by atoms with Gasteiger partial charge in [0.1, 0.15) is 0 Å². The quantitative estimate of drug-likeness (QED) is 0.876. The fourth-order valence-corrected chi connectivity index (χ4v) is 2.59. The highest BCUT2D eigenvalue weighted by Gasteiger charge is 2.27. The maximum absolute atomic E-state index is 12.3. The highest BCUT2D eigenvalue weighted by Crippen LogP contribution is 2.29. The minimum absolute atomic E-state index is 0.0982. The zero-order valence-electron chi connectivity index (χ0n) is 12.2. The van der Waals surface area contributed by atoms with Gasteiger partial charge in [-0.05, 0) is 44.5 Å². The maximum atomic E-state index is 12.3. The van der Waals surface area contributed by atoms with Crippen molar-refractivity contribution in [2.75, 3.05) is 7.05 Å². The lowest BCUT2D eigenvalue weighted by molar-refractivity contribution is -0.135. The van der Waals surface area contributed by atoms with Crippen LogP contribution in [0.15, 0.2) is 30.3 Å². The van der Waals surface area contributed by atoms with Gasteiger partial charge in [0.15, 0.2) is 0 Å². The number of rotatable bonds is 5. The minimum atomic E-state index is -4.09. The van der Waals surface area contributed by atoms with E-state index in [4.69, 9.17) is 0 Å². The molecule has 0 spiro atoms. The number of halogens is 3. The number of aromatic nitrogens is 1. The molecule has 114 valence electrons. The summed E-state index contributed by atoms with van der Waals surface area (Å²) in [7, 11) is 1.78. The first-order chi connectivity index (χ1) is 9.90. The number of nitrogens with zero attached hydrogens (tertiary/aromatic N) is 1. The molecule has 0 saturated heterocycles. The zero-order valence-corrected chi connectivity index (χ0v) is 12.2. The Bertz CT molecular complexity index is 608. The Morgan fingerprint density at radius 3 is 2.62 bits per heavy atom. The molecule has 1 aromatic heterocycles. The van der Waals surface area contributed by atoms with Crippen molar-refractivity contribution in [2.24, 2.45) is 0 Å². The lowest BCUT2D eigenvalue weighted by Crippen LogP contribution is -2.18. The summed E-state index contributed by atoms with van der Waals surface area (Å²) in [6.45, 7) is 1.90. The van der Waals surface area contributed by atoms with Gasteiger partial charge in [-0.1, -0.05) is 18.2 Å². The standard InChI is InChI=1S/C16H19F3N2/c1-11-10-13(12-6-3-4-7-15(12)21-11)14(20-2)8-5-9-16(17,18)19/h3-4,6-7,10,14,20H,5,8-9H2,1-2H3. The van der Waals surface area contributed by atoms with Crippen LogP contribution in [0.25, 0.3) is 10.9 Å². The van der Waals surface area contributed by atoms with E-state index in [0.717, 1.165) is 22.2 Å². The number of hydrogen-bond donors (Lipinski definition) is 1. The van der Waals surface area contributed by atoms with Crippen molar-refractivity contribution in [2.45, 2.75) is 38.4 Å². The summed E-state index contributed by atoms with van der Waals surface area (Å²) in [6, 6.07) is 9.58. The van der Waals surface area contributed by atoms with E-state index in [-0.39, 0.29) is 12.5 Å². The second kappa shape index (κ2) is 6.43. The van der Waals surface area contributed by atoms with Gasteiger partial charge in [-0.25, -0.2) is 0 Å². The van der Waals surface area contributed by atoms with Crippen LogP contribution in [0.4, 0.5) is 13.2 Å². The van der Waals surface area contributed by atoms with Gasteiger partial charge >= 0.3 is 6.18 Å². The van der Waals surface area contributed by atoms with Gasteiger partial charge in [-0.3, -0.25) is 4.98 Å². The molecule has 1 aromatic carbocycles. The number of pyridine rings is 1. The molecule has 1 atom stereocenters. The highest BCUT2D eigenvalue weighted by molar-refractivity contribution is 5.82. The fraction of sp³-hybridized carbons (Fsp3) is 0.438. The lowest BCUT2D eigenvalue weighted by atomic mass is 9.96. The zero-order chi connectivity index (χ0) is 15.5. The van der Waals surface area contributed by atoms with Crippen molar-refractivity contribution in [3.8, 4) is 0 Å². The predicted molar refractivity (Wildman–Crippen MR) is 78.2 cm³/mol. The van der Waals surface area contributed by atoms with Gasteiger partial charge in [0.25, 0.3) is 0 Å². The summed E-state index contributed by atoms with van der Waals surface area (Å²) in [5.41, 5.74) is 2.77. The number of para-hydroxylation sites is 1. The predicted octanol–water partition coefficient (Wildman–Crippen LogP) is 4.54. The molecule has 1 unspecified atom stereocenters. The van der Waals surface area contributed by atoms with Crippen molar-refractivity contribution in [3.63, 3.8) is 0 Å². The van der Waals surface area contributed by atoms with E-state index < -0.39 is 12.6 Å². The van der Waals surface area contributed by atoms with Crippen LogP contribution >= 0.6 is 0 Å². The molecule has 5 heteroatoms. The van der Waals surface area contributed by atoms with Crippen LogP contribution in [0.2, 0.25) is 0 Å². The Balaban J connectivity index is 2.25. The number of fused-ring (bicyclic) bond motifs is 1. The normalized spacial score (nSPS) is 13.6. The van der Waals surface area contributed by atoms with Gasteiger partial charge in [0.05, 0.1) is 5.52 Å². The Hall–Kier alpha value is -1.62. The number of nitrogens with one attached hydrogen (secondary N) is 1. The van der Waals surface area contributed by atoms with Crippen LogP contribution in [0.1, 0.15) is 36.6 Å². The van der Waals surface area contributed by atoms with Crippen molar-refractivity contribution >= 4 is 10.9 Å². The van der Waals surface area contributed by atoms with Crippen LogP contribution < -0.4 is 5.32 Å². The Kier molecular flexibility index (Phi) is 4.83. The van der Waals surface area contributed by atoms with E-state index in [2.05, 4.69) is 10.3 Å². The molecule has 0 radical (unpaired) electrons. The summed E-state index contributed by atoms with van der Waals surface area (Å²) in [4.78, 5) is 4.46. The van der Waals surface area contributed by atoms with Crippen molar-refractivity contribution in [1.82, 2.24) is 10.3 Å². The molecule has 0 aliphatic rings. The smallest absolute Gasteiger partial charge is 0.313 e. The average Bonchev–Trinajstić information content (AvgIpc) is 2.41. The lowest BCUT2D eigenvalue weighted by Gasteiger charge is -2.19. The molecule has 0 fully saturated rings. The maximum Gasteiger partial charge on any atom is 0.389 e. The SMILES string of the molecule is CNC(CCCC(F)(F)F)c1cc(C)nc2ccccc12. The van der Waals surface area contributed by atoms with E-state index in [9.17, 15) is 13.2 Å². The Labute approximate surface area is 122 Å². The number of hydrogen-bond acceptors (Lipinski definition) is 2. The van der Waals surface area contributed by atoms with Gasteiger partial charge in [-0.15, -0.1) is 0 Å². The molecule has 1 N–H and O–H groups in total. The van der Waals surface area contributed by atoms with E-state index in [1.807, 2.05) is 37.3 Å². The summed E-state index contributed by atoms with van der Waals surface area (Å²) in [6.07, 6.45) is -4.27. The molecule has 0 aliphatic carbocycles. The van der Waals surface area contributed by atoms with Crippen molar-refractivity contribution in [3.05, 3.63) is 41.6 Å². The third-order valence-corrected chi connectivity index (χ3v) is 3.55. The number of aryl methyl sites for hydroxylation is 1. The van der Waals surface area contributed by atoms with Crippen LogP contribution in [-0.2, 0) is 0 Å². The molecule has 1 heterocycles. The van der Waals surface area contributed by atoms with E-state index in [0.29, 0.717) is 6.42 Å². The first-order valence-corrected chi connectivity index (χ1v) is 7.01. The average molecular weight is 296 g/mol. The third kappa shape index (κ3) is 4.17. The summed E-state index contributed by atoms with van der Waals surface area (Å²) < 4.78 is 36.9. The molecule has 0 amide bonds. The van der Waals surface area contributed by atoms with E-state index >= 15 is 0 Å². The minimum Gasteiger partial charge on any atom is -0.313 e. The molecule has 0 bridgehead atoms. The molecule has 2 nitrogen and oxygen atoms in total. The first-order valence-electron chi connectivity index (χ1n) is 7.01. The summed E-state index contributed by atoms with van der Waals surface area (Å²) >= 11 is 0. The molecular weight excluding hydrogens is 277 g/mol. The Morgan fingerprint density at radius 2 is 1.95 bits per heavy atom. The molecule has 0 saturated carbocycles. The largest absolute Gasteiger partial charge is 0.389 e. The van der Waals surface area contributed by atoms with Crippen LogP contribution in [0.5, 0.6) is 0 Å². The molecule has 2 aromatic rings. The second-order valence-corrected chi connectivity index (χ2v) is 5.22. The van der Waals surface area contributed by atoms with Gasteiger partial charge in [0, 0.05) is 23.5 Å². The van der Waals surface area contributed by atoms with E-state index in [1.54, 1.807) is 7.05 Å². The summed E-state index contributed by atoms with van der Waals surface area (Å²) in [5.74, 6) is 0. The number of benzene rings is 1. The summed E-state index contributed by atoms with van der Waals surface area (Å²) in [5, 5.41) is 4.12. The van der Waals surface area contributed by atoms with E-state index in [1.165, 1.54) is 0 Å². The van der Waals surface area contributed by atoms with Gasteiger partial charge < -0.3 is 5.32 Å². The van der Waals surface area contributed by atoms with Crippen LogP contribution in [-0.4, -0.2) is 18.2 Å². The van der Waals surface area contributed by atoms with Crippen LogP contribution in [0.3, 0.4) is 0 Å². The fourth-order valence-electron chi connectivity index (χ4n) is 2.59. The molecule has 21 heavy (non-hydrogen) atoms. The monoisotopic (exact) mass is 296 g/mol. The topological polar surface area (TPSA) is 24.9 Å². The van der Waals surface area contributed by atoms with Gasteiger partial charge in [0.2, 0.25) is 0 Å². The number of alkyl halides is 3. The van der Waals surface area contributed by atoms with Crippen molar-refractivity contribution in [1.29, 1.82) is 0 Å². The van der Waals surface area contributed by atoms with Crippen LogP contribution in [0, 0.1) is 6.92 Å². The highest BCUT2D eigenvalue weighted by atomic mass is 19.4. The first kappa shape index (κ1) is 15.8. The van der Waals surface area contributed by atoms with Gasteiger partial charge in [-0.2, -0.15) is 13.2 Å². The molecule has 2 rings (SSSR count). The van der Waals surface area contributed by atoms with Crippen molar-refractivity contribution < 1.29 is 13.2 Å². The third-order valence-electron chi connectivity index (χ3n) is 3.55.